The van der Waals surface area contributed by atoms with Crippen LogP contribution in [0.25, 0.3) is 0 Å². The van der Waals surface area contributed by atoms with Gasteiger partial charge < -0.3 is 0 Å². The van der Waals surface area contributed by atoms with E-state index in [4.69, 9.17) is 5.84 Å². The van der Waals surface area contributed by atoms with Crippen molar-refractivity contribution in [2.45, 2.75) is 12.5 Å². The Bertz CT molecular complexity index is 491. The Morgan fingerprint density at radius 1 is 1.53 bits per heavy atom. The number of aromatic nitrogens is 2. The largest absolute Gasteiger partial charge is 0.271 e. The Balaban J connectivity index is 2.22. The van der Waals surface area contributed by atoms with E-state index in [1.165, 1.54) is 17.6 Å². The van der Waals surface area contributed by atoms with E-state index in [0.717, 1.165) is 11.3 Å². The predicted molar refractivity (Wildman–Crippen MR) is 67.8 cm³/mol. The lowest BCUT2D eigenvalue weighted by Crippen LogP contribution is -2.30. The SMILES string of the molecule is NNC(Cc1cccc(F)c1Br)c1csnn1. The molecule has 0 aliphatic rings. The van der Waals surface area contributed by atoms with Crippen molar-refractivity contribution in [1.82, 2.24) is 15.0 Å². The van der Waals surface area contributed by atoms with Crippen molar-refractivity contribution >= 4 is 27.5 Å². The van der Waals surface area contributed by atoms with Crippen molar-refractivity contribution in [3.63, 3.8) is 0 Å². The van der Waals surface area contributed by atoms with E-state index in [1.54, 1.807) is 6.07 Å². The molecule has 7 heteroatoms. The van der Waals surface area contributed by atoms with E-state index in [2.05, 4.69) is 30.9 Å². The summed E-state index contributed by atoms with van der Waals surface area (Å²) in [5, 5.41) is 5.77. The van der Waals surface area contributed by atoms with Gasteiger partial charge in [0.2, 0.25) is 0 Å². The maximum absolute atomic E-state index is 13.4. The lowest BCUT2D eigenvalue weighted by molar-refractivity contribution is 0.533. The molecule has 0 spiro atoms. The van der Waals surface area contributed by atoms with Crippen LogP contribution in [-0.2, 0) is 6.42 Å². The zero-order valence-electron chi connectivity index (χ0n) is 8.73. The number of hydrogen-bond donors (Lipinski definition) is 2. The molecule has 3 N–H and O–H groups in total. The van der Waals surface area contributed by atoms with Crippen LogP contribution in [0.5, 0.6) is 0 Å². The predicted octanol–water partition coefficient (Wildman–Crippen LogP) is 2.19. The minimum Gasteiger partial charge on any atom is -0.271 e. The lowest BCUT2D eigenvalue weighted by atomic mass is 10.0. The van der Waals surface area contributed by atoms with Crippen LogP contribution >= 0.6 is 27.5 Å². The molecule has 17 heavy (non-hydrogen) atoms. The molecular formula is C10H10BrFN4S. The number of benzene rings is 1. The molecule has 1 aromatic carbocycles. The Labute approximate surface area is 110 Å². The van der Waals surface area contributed by atoms with Crippen LogP contribution in [-0.4, -0.2) is 9.59 Å². The third-order valence-electron chi connectivity index (χ3n) is 2.39. The summed E-state index contributed by atoms with van der Waals surface area (Å²) in [5.41, 5.74) is 4.25. The summed E-state index contributed by atoms with van der Waals surface area (Å²) in [4.78, 5) is 0. The zero-order valence-corrected chi connectivity index (χ0v) is 11.1. The van der Waals surface area contributed by atoms with Crippen LogP contribution in [0.4, 0.5) is 4.39 Å². The van der Waals surface area contributed by atoms with Gasteiger partial charge in [-0.25, -0.2) is 4.39 Å². The normalized spacial score (nSPS) is 12.6. The summed E-state index contributed by atoms with van der Waals surface area (Å²) in [7, 11) is 0. The smallest absolute Gasteiger partial charge is 0.137 e. The third-order valence-corrected chi connectivity index (χ3v) is 3.80. The van der Waals surface area contributed by atoms with Crippen molar-refractivity contribution in [3.8, 4) is 0 Å². The molecule has 90 valence electrons. The highest BCUT2D eigenvalue weighted by molar-refractivity contribution is 9.10. The number of rotatable bonds is 4. The van der Waals surface area contributed by atoms with Crippen LogP contribution in [0.15, 0.2) is 28.1 Å². The highest BCUT2D eigenvalue weighted by atomic mass is 79.9. The zero-order chi connectivity index (χ0) is 12.3. The molecule has 0 saturated heterocycles. The van der Waals surface area contributed by atoms with Gasteiger partial charge in [0.25, 0.3) is 0 Å². The Hall–Kier alpha value is -0.890. The second-order valence-electron chi connectivity index (χ2n) is 3.47. The molecule has 4 nitrogen and oxygen atoms in total. The van der Waals surface area contributed by atoms with Crippen molar-refractivity contribution in [1.29, 1.82) is 0 Å². The van der Waals surface area contributed by atoms with E-state index in [1.807, 2.05) is 11.4 Å². The standard InChI is InChI=1S/C10H10BrFN4S/c11-10-6(2-1-3-7(10)12)4-8(14-13)9-5-17-16-15-9/h1-3,5,8,14H,4,13H2. The summed E-state index contributed by atoms with van der Waals surface area (Å²) < 4.78 is 17.6. The van der Waals surface area contributed by atoms with Gasteiger partial charge in [-0.1, -0.05) is 16.6 Å². The molecule has 0 fully saturated rings. The molecule has 0 aliphatic carbocycles. The summed E-state index contributed by atoms with van der Waals surface area (Å²) >= 11 is 4.48. The minimum absolute atomic E-state index is 0.174. The number of nitrogens with two attached hydrogens (primary N) is 1. The van der Waals surface area contributed by atoms with Crippen LogP contribution in [0.2, 0.25) is 0 Å². The van der Waals surface area contributed by atoms with E-state index in [9.17, 15) is 4.39 Å². The van der Waals surface area contributed by atoms with E-state index in [-0.39, 0.29) is 11.9 Å². The van der Waals surface area contributed by atoms with Gasteiger partial charge in [0.05, 0.1) is 16.2 Å². The topological polar surface area (TPSA) is 63.8 Å². The van der Waals surface area contributed by atoms with Gasteiger partial charge in [0.1, 0.15) is 5.82 Å². The molecule has 1 atom stereocenters. The average molecular weight is 317 g/mol. The summed E-state index contributed by atoms with van der Waals surface area (Å²) in [6.07, 6.45) is 0.542. The van der Waals surface area contributed by atoms with Crippen molar-refractivity contribution in [3.05, 3.63) is 45.1 Å². The number of hydrazine groups is 1. The second-order valence-corrected chi connectivity index (χ2v) is 4.87. The van der Waals surface area contributed by atoms with Crippen LogP contribution in [0.1, 0.15) is 17.3 Å². The van der Waals surface area contributed by atoms with E-state index in [0.29, 0.717) is 10.9 Å². The lowest BCUT2D eigenvalue weighted by Gasteiger charge is -2.14. The molecule has 1 unspecified atom stereocenters. The van der Waals surface area contributed by atoms with Crippen molar-refractivity contribution < 1.29 is 4.39 Å². The van der Waals surface area contributed by atoms with Gasteiger partial charge in [-0.15, -0.1) is 5.10 Å². The molecule has 1 aromatic heterocycles. The Kier molecular flexibility index (Phi) is 4.16. The highest BCUT2D eigenvalue weighted by Gasteiger charge is 2.16. The first-order chi connectivity index (χ1) is 8.22. The average Bonchev–Trinajstić information content (AvgIpc) is 2.85. The van der Waals surface area contributed by atoms with Gasteiger partial charge in [0, 0.05) is 5.38 Å². The maximum atomic E-state index is 13.4. The van der Waals surface area contributed by atoms with Crippen LogP contribution < -0.4 is 11.3 Å². The van der Waals surface area contributed by atoms with Gasteiger partial charge in [-0.05, 0) is 45.5 Å². The number of hydrogen-bond acceptors (Lipinski definition) is 5. The van der Waals surface area contributed by atoms with Crippen molar-refractivity contribution in [2.75, 3.05) is 0 Å². The number of nitrogens with zero attached hydrogens (tertiary/aromatic N) is 2. The van der Waals surface area contributed by atoms with Crippen molar-refractivity contribution in [2.24, 2.45) is 5.84 Å². The molecule has 0 bridgehead atoms. The fourth-order valence-corrected chi connectivity index (χ4v) is 2.43. The van der Waals surface area contributed by atoms with Crippen LogP contribution in [0.3, 0.4) is 0 Å². The fourth-order valence-electron chi connectivity index (χ4n) is 1.50. The number of halogens is 2. The van der Waals surface area contributed by atoms with Gasteiger partial charge in [-0.2, -0.15) is 0 Å². The van der Waals surface area contributed by atoms with Gasteiger partial charge in [0.15, 0.2) is 0 Å². The van der Waals surface area contributed by atoms with E-state index < -0.39 is 0 Å². The highest BCUT2D eigenvalue weighted by Crippen LogP contribution is 2.25. The molecule has 0 saturated carbocycles. The van der Waals surface area contributed by atoms with E-state index >= 15 is 0 Å². The second kappa shape index (κ2) is 5.63. The Morgan fingerprint density at radius 3 is 3.00 bits per heavy atom. The first-order valence-electron chi connectivity index (χ1n) is 4.88. The van der Waals surface area contributed by atoms with Gasteiger partial charge in [-0.3, -0.25) is 11.3 Å². The number of nitrogens with one attached hydrogen (secondary N) is 1. The molecule has 1 heterocycles. The maximum Gasteiger partial charge on any atom is 0.137 e. The molecule has 2 aromatic rings. The molecule has 0 amide bonds. The quantitative estimate of drug-likeness (QED) is 0.670. The van der Waals surface area contributed by atoms with Gasteiger partial charge >= 0.3 is 0 Å². The Morgan fingerprint density at radius 2 is 2.35 bits per heavy atom. The summed E-state index contributed by atoms with van der Waals surface area (Å²) in [6, 6.07) is 4.74. The van der Waals surface area contributed by atoms with Crippen LogP contribution in [0, 0.1) is 5.82 Å². The molecule has 0 radical (unpaired) electrons. The first kappa shape index (κ1) is 12.6. The third kappa shape index (κ3) is 2.86. The molecule has 0 aliphatic heterocycles. The molecule has 2 rings (SSSR count). The first-order valence-corrected chi connectivity index (χ1v) is 6.51. The molecular weight excluding hydrogens is 307 g/mol. The summed E-state index contributed by atoms with van der Waals surface area (Å²) in [5.74, 6) is 5.20. The monoisotopic (exact) mass is 316 g/mol. The fraction of sp³-hybridized carbons (Fsp3) is 0.200. The summed E-state index contributed by atoms with van der Waals surface area (Å²) in [6.45, 7) is 0. The minimum atomic E-state index is -0.283.